The Bertz CT molecular complexity index is 866. The largest absolute Gasteiger partial charge is 0.497 e. The minimum Gasteiger partial charge on any atom is -0.497 e. The lowest BCUT2D eigenvalue weighted by molar-refractivity contribution is -0.131. The van der Waals surface area contributed by atoms with Crippen molar-refractivity contribution < 1.29 is 29.3 Å². The summed E-state index contributed by atoms with van der Waals surface area (Å²) in [6.45, 7) is 2.21. The normalized spacial score (nSPS) is 23.1. The first-order valence-electron chi connectivity index (χ1n) is 10.6. The number of hydrogen-bond donors (Lipinski definition) is 3. The fraction of sp³-hybridized carbons (Fsp3) is 0.500. The smallest absolute Gasteiger partial charge is 0.290 e. The second-order valence-corrected chi connectivity index (χ2v) is 7.81. The third-order valence-electron chi connectivity index (χ3n) is 5.51. The van der Waals surface area contributed by atoms with Gasteiger partial charge in [-0.3, -0.25) is 14.5 Å². The molecular weight excluding hydrogens is 416 g/mol. The molecule has 1 amide bonds. The zero-order chi connectivity index (χ0) is 22.9. The van der Waals surface area contributed by atoms with Gasteiger partial charge in [-0.25, -0.2) is 4.98 Å². The van der Waals surface area contributed by atoms with Gasteiger partial charge in [-0.2, -0.15) is 0 Å². The summed E-state index contributed by atoms with van der Waals surface area (Å²) in [5, 5.41) is 20.3. The highest BCUT2D eigenvalue weighted by atomic mass is 16.5. The van der Waals surface area contributed by atoms with Crippen LogP contribution in [0, 0.1) is 0 Å². The van der Waals surface area contributed by atoms with E-state index in [1.807, 2.05) is 35.0 Å². The third-order valence-corrected chi connectivity index (χ3v) is 5.51. The molecule has 0 aliphatic carbocycles. The number of amides is 1. The van der Waals surface area contributed by atoms with Gasteiger partial charge in [0.05, 0.1) is 19.8 Å². The number of nitrogens with zero attached hydrogens (tertiary/aromatic N) is 3. The maximum absolute atomic E-state index is 12.4. The van der Waals surface area contributed by atoms with Gasteiger partial charge in [0, 0.05) is 43.8 Å². The molecule has 2 saturated heterocycles. The van der Waals surface area contributed by atoms with Crippen LogP contribution in [0.3, 0.4) is 0 Å². The molecule has 174 valence electrons. The summed E-state index contributed by atoms with van der Waals surface area (Å²) in [4.78, 5) is 27.4. The van der Waals surface area contributed by atoms with Crippen molar-refractivity contribution in [2.75, 3.05) is 26.8 Å². The third kappa shape index (κ3) is 6.28. The highest BCUT2D eigenvalue weighted by Gasteiger charge is 2.31. The fourth-order valence-electron chi connectivity index (χ4n) is 4.10. The molecule has 3 heterocycles. The van der Waals surface area contributed by atoms with Crippen molar-refractivity contribution in [1.29, 1.82) is 0 Å². The summed E-state index contributed by atoms with van der Waals surface area (Å²) in [5.74, 6) is 1.62. The Morgan fingerprint density at radius 2 is 2.09 bits per heavy atom. The Labute approximate surface area is 186 Å². The van der Waals surface area contributed by atoms with Crippen molar-refractivity contribution in [2.45, 2.75) is 44.1 Å². The predicted molar refractivity (Wildman–Crippen MR) is 116 cm³/mol. The number of benzene rings is 1. The van der Waals surface area contributed by atoms with Gasteiger partial charge >= 0.3 is 0 Å². The quantitative estimate of drug-likeness (QED) is 0.557. The molecule has 2 aromatic rings. The number of likely N-dealkylation sites (tertiary alicyclic amines) is 1. The molecule has 3 N–H and O–H groups in total. The maximum Gasteiger partial charge on any atom is 0.290 e. The number of carbonyl (C=O) groups excluding carboxylic acids is 1. The molecule has 10 nitrogen and oxygen atoms in total. The molecule has 1 aromatic carbocycles. The van der Waals surface area contributed by atoms with Gasteiger partial charge < -0.3 is 29.6 Å². The lowest BCUT2D eigenvalue weighted by Crippen LogP contribution is -2.54. The maximum atomic E-state index is 12.4. The zero-order valence-electron chi connectivity index (χ0n) is 18.1. The SMILES string of the molecule is COc1ccc(-n2ccnc2CN2C[C@H](O)C[C@H](NC(=O)[C@H]3CCCO3)C2)cc1.O=CO. The summed E-state index contributed by atoms with van der Waals surface area (Å²) in [6, 6.07) is 7.71. The van der Waals surface area contributed by atoms with Crippen LogP contribution < -0.4 is 10.1 Å². The molecule has 4 rings (SSSR count). The number of imidazole rings is 1. The molecule has 0 radical (unpaired) electrons. The summed E-state index contributed by atoms with van der Waals surface area (Å²) >= 11 is 0. The first-order chi connectivity index (χ1) is 15.5. The van der Waals surface area contributed by atoms with Crippen molar-refractivity contribution in [2.24, 2.45) is 0 Å². The molecule has 2 fully saturated rings. The minimum absolute atomic E-state index is 0.0683. The number of aliphatic hydroxyl groups excluding tert-OH is 1. The Morgan fingerprint density at radius 1 is 1.34 bits per heavy atom. The van der Waals surface area contributed by atoms with Crippen LogP contribution in [0.15, 0.2) is 36.7 Å². The number of carbonyl (C=O) groups is 2. The lowest BCUT2D eigenvalue weighted by atomic mass is 10.0. The van der Waals surface area contributed by atoms with E-state index in [1.165, 1.54) is 0 Å². The Kier molecular flexibility index (Phi) is 8.60. The van der Waals surface area contributed by atoms with E-state index in [1.54, 1.807) is 13.3 Å². The van der Waals surface area contributed by atoms with Gasteiger partial charge in [0.25, 0.3) is 6.47 Å². The molecule has 1 aromatic heterocycles. The number of hydrogen-bond acceptors (Lipinski definition) is 7. The first-order valence-corrected chi connectivity index (χ1v) is 10.6. The van der Waals surface area contributed by atoms with Crippen molar-refractivity contribution in [1.82, 2.24) is 19.8 Å². The highest BCUT2D eigenvalue weighted by molar-refractivity contribution is 5.81. The highest BCUT2D eigenvalue weighted by Crippen LogP contribution is 2.19. The number of rotatable bonds is 6. The molecule has 0 bridgehead atoms. The number of aromatic nitrogens is 2. The molecule has 3 atom stereocenters. The van der Waals surface area contributed by atoms with Crippen molar-refractivity contribution in [3.05, 3.63) is 42.5 Å². The molecular formula is C22H30N4O6. The predicted octanol–water partition coefficient (Wildman–Crippen LogP) is 0.812. The van der Waals surface area contributed by atoms with Crippen LogP contribution in [0.25, 0.3) is 5.69 Å². The Balaban J connectivity index is 0.000000913. The molecule has 10 heteroatoms. The van der Waals surface area contributed by atoms with E-state index >= 15 is 0 Å². The second kappa shape index (κ2) is 11.6. The van der Waals surface area contributed by atoms with Gasteiger partial charge in [0.1, 0.15) is 17.7 Å². The molecule has 0 saturated carbocycles. The average Bonchev–Trinajstić information content (AvgIpc) is 3.46. The van der Waals surface area contributed by atoms with Gasteiger partial charge in [-0.1, -0.05) is 0 Å². The fourth-order valence-corrected chi connectivity index (χ4v) is 4.10. The van der Waals surface area contributed by atoms with E-state index in [-0.39, 0.29) is 24.5 Å². The zero-order valence-corrected chi connectivity index (χ0v) is 18.1. The topological polar surface area (TPSA) is 126 Å². The van der Waals surface area contributed by atoms with Crippen molar-refractivity contribution >= 4 is 12.4 Å². The Morgan fingerprint density at radius 3 is 2.75 bits per heavy atom. The van der Waals surface area contributed by atoms with Crippen molar-refractivity contribution in [3.8, 4) is 11.4 Å². The summed E-state index contributed by atoms with van der Waals surface area (Å²) in [7, 11) is 1.65. The summed E-state index contributed by atoms with van der Waals surface area (Å²) < 4.78 is 12.7. The van der Waals surface area contributed by atoms with Crippen LogP contribution >= 0.6 is 0 Å². The molecule has 32 heavy (non-hydrogen) atoms. The number of aliphatic hydroxyl groups is 1. The van der Waals surface area contributed by atoms with Crippen LogP contribution in [0.1, 0.15) is 25.1 Å². The number of carboxylic acid groups (broad SMARTS) is 1. The minimum atomic E-state index is -0.483. The van der Waals surface area contributed by atoms with E-state index < -0.39 is 6.10 Å². The molecule has 0 unspecified atom stereocenters. The van der Waals surface area contributed by atoms with Crippen LogP contribution in [-0.4, -0.2) is 82.1 Å². The summed E-state index contributed by atoms with van der Waals surface area (Å²) in [5.41, 5.74) is 0.999. The number of β-amino-alcohol motifs (C(OH)–C–C–N with tert-alkyl or cyclic N) is 1. The van der Waals surface area contributed by atoms with Crippen LogP contribution in [0.4, 0.5) is 0 Å². The van der Waals surface area contributed by atoms with E-state index in [0.29, 0.717) is 32.7 Å². The average molecular weight is 447 g/mol. The monoisotopic (exact) mass is 446 g/mol. The van der Waals surface area contributed by atoms with E-state index in [4.69, 9.17) is 19.4 Å². The standard InChI is InChI=1S/C21H28N4O4.CH2O2/c1-28-18-6-4-16(5-7-18)25-9-8-22-20(25)14-24-12-15(11-17(26)13-24)23-21(27)19-3-2-10-29-19;2-1-3/h4-9,15,17,19,26H,2-3,10-14H2,1H3,(H,23,27);1H,(H,2,3)/t15-,17+,19+;/m0./s1. The number of ether oxygens (including phenoxy) is 2. The number of methoxy groups -OCH3 is 1. The van der Waals surface area contributed by atoms with E-state index in [0.717, 1.165) is 30.1 Å². The molecule has 0 spiro atoms. The first kappa shape index (κ1) is 23.7. The lowest BCUT2D eigenvalue weighted by Gasteiger charge is -2.36. The second-order valence-electron chi connectivity index (χ2n) is 7.81. The van der Waals surface area contributed by atoms with Crippen molar-refractivity contribution in [3.63, 3.8) is 0 Å². The van der Waals surface area contributed by atoms with Gasteiger partial charge in [0.15, 0.2) is 0 Å². The van der Waals surface area contributed by atoms with Crippen LogP contribution in [0.5, 0.6) is 5.75 Å². The molecule has 2 aliphatic rings. The summed E-state index contributed by atoms with van der Waals surface area (Å²) in [6.07, 6.45) is 5.11. The number of nitrogens with one attached hydrogen (secondary N) is 1. The van der Waals surface area contributed by atoms with Crippen LogP contribution in [0.2, 0.25) is 0 Å². The number of piperidine rings is 1. The van der Waals surface area contributed by atoms with Gasteiger partial charge in [-0.15, -0.1) is 0 Å². The van der Waals surface area contributed by atoms with Crippen LogP contribution in [-0.2, 0) is 20.9 Å². The van der Waals surface area contributed by atoms with Gasteiger partial charge in [-0.05, 0) is 43.5 Å². The molecule has 2 aliphatic heterocycles. The van der Waals surface area contributed by atoms with E-state index in [2.05, 4.69) is 15.2 Å². The Hall–Kier alpha value is -2.95. The van der Waals surface area contributed by atoms with Gasteiger partial charge in [0.2, 0.25) is 5.91 Å². The van der Waals surface area contributed by atoms with E-state index in [9.17, 15) is 9.90 Å².